The maximum Gasteiger partial charge on any atom is 0.0486 e. The molecular formula is C15H15ClIN. The number of aryl methyl sites for hydroxylation is 1. The fourth-order valence-electron chi connectivity index (χ4n) is 1.78. The largest absolute Gasteiger partial charge is 0.378 e. The summed E-state index contributed by atoms with van der Waals surface area (Å²) in [5.74, 6) is 0. The fourth-order valence-corrected chi connectivity index (χ4v) is 2.81. The Bertz CT molecular complexity index is 537. The Labute approximate surface area is 127 Å². The van der Waals surface area contributed by atoms with Gasteiger partial charge in [-0.3, -0.25) is 0 Å². The van der Waals surface area contributed by atoms with Gasteiger partial charge in [-0.25, -0.2) is 0 Å². The monoisotopic (exact) mass is 371 g/mol. The number of anilines is 1. The van der Waals surface area contributed by atoms with Crippen molar-refractivity contribution in [3.63, 3.8) is 0 Å². The minimum Gasteiger partial charge on any atom is -0.378 e. The lowest BCUT2D eigenvalue weighted by atomic mass is 10.1. The number of halogens is 2. The molecule has 0 saturated heterocycles. The topological polar surface area (TPSA) is 12.0 Å². The van der Waals surface area contributed by atoms with Crippen LogP contribution < -0.4 is 5.32 Å². The summed E-state index contributed by atoms with van der Waals surface area (Å²) in [6, 6.07) is 14.8. The van der Waals surface area contributed by atoms with Crippen LogP contribution in [-0.2, 0) is 0 Å². The van der Waals surface area contributed by atoms with Crippen LogP contribution in [0.2, 0.25) is 5.02 Å². The third kappa shape index (κ3) is 3.39. The first-order chi connectivity index (χ1) is 8.56. The summed E-state index contributed by atoms with van der Waals surface area (Å²) >= 11 is 8.25. The van der Waals surface area contributed by atoms with Crippen molar-refractivity contribution in [1.29, 1.82) is 0 Å². The smallest absolute Gasteiger partial charge is 0.0486 e. The fraction of sp³-hybridized carbons (Fsp3) is 0.200. The Morgan fingerprint density at radius 3 is 2.39 bits per heavy atom. The van der Waals surface area contributed by atoms with Crippen LogP contribution in [0.4, 0.5) is 5.69 Å². The van der Waals surface area contributed by atoms with Crippen LogP contribution in [0.25, 0.3) is 0 Å². The normalized spacial score (nSPS) is 12.2. The van der Waals surface area contributed by atoms with Gasteiger partial charge < -0.3 is 5.32 Å². The van der Waals surface area contributed by atoms with Crippen LogP contribution in [0.5, 0.6) is 0 Å². The van der Waals surface area contributed by atoms with Crippen LogP contribution in [0.15, 0.2) is 42.5 Å². The third-order valence-electron chi connectivity index (χ3n) is 2.88. The van der Waals surface area contributed by atoms with Gasteiger partial charge in [0.25, 0.3) is 0 Å². The molecule has 0 radical (unpaired) electrons. The molecule has 1 N–H and O–H groups in total. The number of nitrogens with one attached hydrogen (secondary N) is 1. The lowest BCUT2D eigenvalue weighted by Crippen LogP contribution is -2.07. The van der Waals surface area contributed by atoms with Crippen molar-refractivity contribution in [1.82, 2.24) is 0 Å². The second-order valence-electron chi connectivity index (χ2n) is 4.40. The van der Waals surface area contributed by atoms with Crippen molar-refractivity contribution in [2.45, 2.75) is 19.9 Å². The second-order valence-corrected chi connectivity index (χ2v) is 6.00. The zero-order chi connectivity index (χ0) is 13.1. The highest BCUT2D eigenvalue weighted by Gasteiger charge is 2.07. The highest BCUT2D eigenvalue weighted by atomic mass is 127. The van der Waals surface area contributed by atoms with E-state index in [0.29, 0.717) is 0 Å². The second kappa shape index (κ2) is 5.93. The zero-order valence-corrected chi connectivity index (χ0v) is 13.3. The van der Waals surface area contributed by atoms with E-state index in [1.165, 1.54) is 11.1 Å². The predicted octanol–water partition coefficient (Wildman–Crippen LogP) is 5.43. The summed E-state index contributed by atoms with van der Waals surface area (Å²) < 4.78 is 1.14. The molecule has 0 aliphatic rings. The van der Waals surface area contributed by atoms with Gasteiger partial charge >= 0.3 is 0 Å². The van der Waals surface area contributed by atoms with E-state index in [-0.39, 0.29) is 6.04 Å². The average molecular weight is 372 g/mol. The van der Waals surface area contributed by atoms with Gasteiger partial charge in [-0.15, -0.1) is 0 Å². The molecule has 0 fully saturated rings. The van der Waals surface area contributed by atoms with E-state index in [9.17, 15) is 0 Å². The number of hydrogen-bond donors (Lipinski definition) is 1. The lowest BCUT2D eigenvalue weighted by molar-refractivity contribution is 0.883. The van der Waals surface area contributed by atoms with Crippen molar-refractivity contribution in [2.75, 3.05) is 5.32 Å². The molecule has 0 heterocycles. The van der Waals surface area contributed by atoms with Crippen LogP contribution in [0, 0.1) is 10.5 Å². The molecule has 1 unspecified atom stereocenters. The Kier molecular flexibility index (Phi) is 4.51. The molecule has 3 heteroatoms. The number of benzene rings is 2. The molecular weight excluding hydrogens is 357 g/mol. The molecule has 18 heavy (non-hydrogen) atoms. The highest BCUT2D eigenvalue weighted by Crippen LogP contribution is 2.26. The van der Waals surface area contributed by atoms with E-state index in [0.717, 1.165) is 14.3 Å². The summed E-state index contributed by atoms with van der Waals surface area (Å²) in [7, 11) is 0. The Morgan fingerprint density at radius 1 is 1.11 bits per heavy atom. The van der Waals surface area contributed by atoms with Gasteiger partial charge in [0.1, 0.15) is 0 Å². The SMILES string of the molecule is Cc1ccc(C(C)Nc2ccc(Cl)cc2I)cc1. The van der Waals surface area contributed by atoms with E-state index in [1.807, 2.05) is 18.2 Å². The summed E-state index contributed by atoms with van der Waals surface area (Å²) in [6.45, 7) is 4.26. The molecule has 2 rings (SSSR count). The number of hydrogen-bond acceptors (Lipinski definition) is 1. The first-order valence-corrected chi connectivity index (χ1v) is 7.30. The number of rotatable bonds is 3. The Morgan fingerprint density at radius 2 is 1.78 bits per heavy atom. The summed E-state index contributed by atoms with van der Waals surface area (Å²) in [4.78, 5) is 0. The standard InChI is InChI=1S/C15H15ClIN/c1-10-3-5-12(6-4-10)11(2)18-15-8-7-13(16)9-14(15)17/h3-9,11,18H,1-2H3. The Hall–Kier alpha value is -0.740. The van der Waals surface area contributed by atoms with Crippen LogP contribution in [0.3, 0.4) is 0 Å². The van der Waals surface area contributed by atoms with E-state index >= 15 is 0 Å². The summed E-state index contributed by atoms with van der Waals surface area (Å²) in [6.07, 6.45) is 0. The average Bonchev–Trinajstić information content (AvgIpc) is 2.33. The molecule has 0 aliphatic carbocycles. The molecule has 0 bridgehead atoms. The highest BCUT2D eigenvalue weighted by molar-refractivity contribution is 14.1. The molecule has 94 valence electrons. The molecule has 0 saturated carbocycles. The van der Waals surface area contributed by atoms with Crippen molar-refractivity contribution >= 4 is 39.9 Å². The van der Waals surface area contributed by atoms with Gasteiger partial charge in [0.2, 0.25) is 0 Å². The van der Waals surface area contributed by atoms with E-state index in [1.54, 1.807) is 0 Å². The van der Waals surface area contributed by atoms with E-state index < -0.39 is 0 Å². The van der Waals surface area contributed by atoms with Crippen molar-refractivity contribution < 1.29 is 0 Å². The first-order valence-electron chi connectivity index (χ1n) is 5.84. The molecule has 0 aromatic heterocycles. The lowest BCUT2D eigenvalue weighted by Gasteiger charge is -2.17. The van der Waals surface area contributed by atoms with E-state index in [4.69, 9.17) is 11.6 Å². The molecule has 0 aliphatic heterocycles. The minimum absolute atomic E-state index is 0.278. The van der Waals surface area contributed by atoms with Crippen molar-refractivity contribution in [3.05, 3.63) is 62.2 Å². The quantitative estimate of drug-likeness (QED) is 0.710. The van der Waals surface area contributed by atoms with Crippen molar-refractivity contribution in [2.24, 2.45) is 0 Å². The van der Waals surface area contributed by atoms with Gasteiger partial charge in [-0.1, -0.05) is 41.4 Å². The van der Waals surface area contributed by atoms with Gasteiger partial charge in [0.15, 0.2) is 0 Å². The summed E-state index contributed by atoms with van der Waals surface area (Å²) in [5.41, 5.74) is 3.69. The zero-order valence-electron chi connectivity index (χ0n) is 10.4. The van der Waals surface area contributed by atoms with Gasteiger partial charge in [0, 0.05) is 20.3 Å². The first kappa shape index (κ1) is 13.7. The van der Waals surface area contributed by atoms with Gasteiger partial charge in [-0.2, -0.15) is 0 Å². The van der Waals surface area contributed by atoms with Crippen LogP contribution >= 0.6 is 34.2 Å². The summed E-state index contributed by atoms with van der Waals surface area (Å²) in [5, 5.41) is 4.28. The Balaban J connectivity index is 2.15. The molecule has 0 amide bonds. The van der Waals surface area contributed by atoms with Gasteiger partial charge in [0.05, 0.1) is 0 Å². The maximum absolute atomic E-state index is 5.96. The van der Waals surface area contributed by atoms with Gasteiger partial charge in [-0.05, 0) is 60.2 Å². The molecule has 0 spiro atoms. The molecule has 2 aromatic carbocycles. The van der Waals surface area contributed by atoms with Crippen LogP contribution in [-0.4, -0.2) is 0 Å². The molecule has 1 atom stereocenters. The van der Waals surface area contributed by atoms with E-state index in [2.05, 4.69) is 66.0 Å². The molecule has 1 nitrogen and oxygen atoms in total. The van der Waals surface area contributed by atoms with Crippen molar-refractivity contribution in [3.8, 4) is 0 Å². The predicted molar refractivity (Wildman–Crippen MR) is 87.4 cm³/mol. The maximum atomic E-state index is 5.96. The third-order valence-corrected chi connectivity index (χ3v) is 4.01. The minimum atomic E-state index is 0.278. The molecule has 2 aromatic rings. The van der Waals surface area contributed by atoms with Crippen LogP contribution in [0.1, 0.15) is 24.1 Å².